The number of ether oxygens (including phenoxy) is 1. The van der Waals surface area contributed by atoms with Crippen molar-refractivity contribution in [1.82, 2.24) is 5.32 Å². The highest BCUT2D eigenvalue weighted by atomic mass is 19.1. The zero-order chi connectivity index (χ0) is 15.0. The predicted molar refractivity (Wildman–Crippen MR) is 74.0 cm³/mol. The van der Waals surface area contributed by atoms with Crippen molar-refractivity contribution in [1.29, 1.82) is 0 Å². The lowest BCUT2D eigenvalue weighted by Crippen LogP contribution is -2.53. The molecule has 0 aromatic heterocycles. The van der Waals surface area contributed by atoms with Crippen molar-refractivity contribution in [2.45, 2.75) is 38.2 Å². The Balaban J connectivity index is 2.07. The largest absolute Gasteiger partial charge is 0.378 e. The van der Waals surface area contributed by atoms with E-state index < -0.39 is 23.1 Å². The number of carbonyl (C=O) groups is 2. The molecule has 3 unspecified atom stereocenters. The average molecular weight is 291 g/mol. The molecule has 3 rings (SSSR count). The van der Waals surface area contributed by atoms with E-state index in [4.69, 9.17) is 4.74 Å². The number of amides is 2. The minimum atomic E-state index is -0.636. The van der Waals surface area contributed by atoms with Gasteiger partial charge in [0.1, 0.15) is 5.82 Å². The van der Waals surface area contributed by atoms with Gasteiger partial charge in [-0.15, -0.1) is 0 Å². The van der Waals surface area contributed by atoms with Crippen LogP contribution < -0.4 is 5.32 Å². The van der Waals surface area contributed by atoms with Crippen molar-refractivity contribution >= 4 is 11.8 Å². The molecule has 21 heavy (non-hydrogen) atoms. The Morgan fingerprint density at radius 3 is 2.81 bits per heavy atom. The number of rotatable bonds is 1. The first-order chi connectivity index (χ1) is 10.0. The summed E-state index contributed by atoms with van der Waals surface area (Å²) in [5.41, 5.74) is -0.171. The summed E-state index contributed by atoms with van der Waals surface area (Å²) in [6, 6.07) is 6.31. The molecule has 2 aliphatic heterocycles. The molecule has 112 valence electrons. The molecule has 3 atom stereocenters. The van der Waals surface area contributed by atoms with Crippen LogP contribution in [-0.4, -0.2) is 24.5 Å². The van der Waals surface area contributed by atoms with E-state index >= 15 is 0 Å². The number of nitrogens with one attached hydrogen (secondary N) is 1. The van der Waals surface area contributed by atoms with Gasteiger partial charge in [0.25, 0.3) is 0 Å². The zero-order valence-corrected chi connectivity index (χ0v) is 11.9. The van der Waals surface area contributed by atoms with Gasteiger partial charge in [0.05, 0.1) is 12.0 Å². The van der Waals surface area contributed by atoms with Crippen LogP contribution in [0.25, 0.3) is 0 Å². The van der Waals surface area contributed by atoms with Crippen LogP contribution in [0.1, 0.15) is 37.7 Å². The van der Waals surface area contributed by atoms with Crippen molar-refractivity contribution in [2.75, 3.05) is 6.61 Å². The first-order valence-corrected chi connectivity index (χ1v) is 7.21. The second-order valence-corrected chi connectivity index (χ2v) is 6.04. The van der Waals surface area contributed by atoms with Crippen molar-refractivity contribution in [3.8, 4) is 0 Å². The molecule has 0 aliphatic carbocycles. The molecule has 0 saturated carbocycles. The van der Waals surface area contributed by atoms with E-state index in [0.717, 1.165) is 0 Å². The Kier molecular flexibility index (Phi) is 3.53. The topological polar surface area (TPSA) is 55.4 Å². The highest BCUT2D eigenvalue weighted by molar-refractivity contribution is 6.02. The molecule has 0 radical (unpaired) electrons. The lowest BCUT2D eigenvalue weighted by Gasteiger charge is -2.47. The molecule has 1 aromatic carbocycles. The smallest absolute Gasteiger partial charge is 0.234 e. The van der Waals surface area contributed by atoms with Gasteiger partial charge in [0, 0.05) is 18.6 Å². The van der Waals surface area contributed by atoms with E-state index in [1.54, 1.807) is 18.2 Å². The van der Waals surface area contributed by atoms with Crippen LogP contribution >= 0.6 is 0 Å². The maximum Gasteiger partial charge on any atom is 0.234 e. The van der Waals surface area contributed by atoms with Gasteiger partial charge in [-0.3, -0.25) is 14.9 Å². The summed E-state index contributed by atoms with van der Waals surface area (Å²) in [6.07, 6.45) is 1.39. The SMILES string of the molecule is CC1CC2(CCO1)CC(=O)NC(=O)C2c1ccccc1F. The second-order valence-electron chi connectivity index (χ2n) is 6.04. The van der Waals surface area contributed by atoms with Crippen molar-refractivity contribution in [3.05, 3.63) is 35.6 Å². The standard InChI is InChI=1S/C16H18FNO3/c1-10-8-16(6-7-21-10)9-13(19)18-15(20)14(16)11-4-2-3-5-12(11)17/h2-5,10,14H,6-9H2,1H3,(H,18,19,20). The Bertz CT molecular complexity index is 589. The highest BCUT2D eigenvalue weighted by Crippen LogP contribution is 2.50. The fourth-order valence-electron chi connectivity index (χ4n) is 3.75. The van der Waals surface area contributed by atoms with Gasteiger partial charge in [-0.2, -0.15) is 0 Å². The van der Waals surface area contributed by atoms with Gasteiger partial charge in [0.2, 0.25) is 11.8 Å². The molecule has 5 heteroatoms. The second kappa shape index (κ2) is 5.22. The number of halogens is 1. The van der Waals surface area contributed by atoms with Gasteiger partial charge >= 0.3 is 0 Å². The summed E-state index contributed by atoms with van der Waals surface area (Å²) in [5, 5.41) is 2.36. The third kappa shape index (κ3) is 2.46. The zero-order valence-electron chi connectivity index (χ0n) is 11.9. The number of benzene rings is 1. The summed E-state index contributed by atoms with van der Waals surface area (Å²) in [5.74, 6) is -1.71. The molecule has 1 aromatic rings. The summed E-state index contributed by atoms with van der Waals surface area (Å²) < 4.78 is 19.7. The Labute approximate surface area is 122 Å². The minimum Gasteiger partial charge on any atom is -0.378 e. The molecule has 1 N–H and O–H groups in total. The van der Waals surface area contributed by atoms with Crippen molar-refractivity contribution in [2.24, 2.45) is 5.41 Å². The van der Waals surface area contributed by atoms with Gasteiger partial charge < -0.3 is 4.74 Å². The molecule has 2 amide bonds. The van der Waals surface area contributed by atoms with Crippen LogP contribution in [0.2, 0.25) is 0 Å². The predicted octanol–water partition coefficient (Wildman–Crippen LogP) is 2.14. The van der Waals surface area contributed by atoms with Crippen LogP contribution in [0.4, 0.5) is 4.39 Å². The molecule has 2 aliphatic rings. The molecular formula is C16H18FNO3. The third-order valence-electron chi connectivity index (χ3n) is 4.56. The Hall–Kier alpha value is -1.75. The third-order valence-corrected chi connectivity index (χ3v) is 4.56. The average Bonchev–Trinajstić information content (AvgIpc) is 2.39. The lowest BCUT2D eigenvalue weighted by atomic mass is 9.62. The lowest BCUT2D eigenvalue weighted by molar-refractivity contribution is -0.146. The van der Waals surface area contributed by atoms with Crippen LogP contribution in [0.5, 0.6) is 0 Å². The monoisotopic (exact) mass is 291 g/mol. The fourth-order valence-corrected chi connectivity index (χ4v) is 3.75. The van der Waals surface area contributed by atoms with E-state index in [1.165, 1.54) is 6.07 Å². The maximum atomic E-state index is 14.2. The summed E-state index contributed by atoms with van der Waals surface area (Å²) in [6.45, 7) is 2.42. The molecular weight excluding hydrogens is 273 g/mol. The van der Waals surface area contributed by atoms with Crippen LogP contribution in [0.15, 0.2) is 24.3 Å². The number of hydrogen-bond donors (Lipinski definition) is 1. The van der Waals surface area contributed by atoms with Gasteiger partial charge in [0.15, 0.2) is 0 Å². The molecule has 4 nitrogen and oxygen atoms in total. The van der Waals surface area contributed by atoms with Gasteiger partial charge in [-0.25, -0.2) is 4.39 Å². The summed E-state index contributed by atoms with van der Waals surface area (Å²) in [7, 11) is 0. The van der Waals surface area contributed by atoms with Crippen LogP contribution in [0, 0.1) is 11.2 Å². The van der Waals surface area contributed by atoms with Gasteiger partial charge in [-0.05, 0) is 31.2 Å². The first-order valence-electron chi connectivity index (χ1n) is 7.21. The van der Waals surface area contributed by atoms with Crippen LogP contribution in [-0.2, 0) is 14.3 Å². The number of hydrogen-bond acceptors (Lipinski definition) is 3. The van der Waals surface area contributed by atoms with Crippen LogP contribution in [0.3, 0.4) is 0 Å². The van der Waals surface area contributed by atoms with E-state index in [1.807, 2.05) is 6.92 Å². The molecule has 2 saturated heterocycles. The normalized spacial score (nSPS) is 33.0. The van der Waals surface area contributed by atoms with Crippen molar-refractivity contribution < 1.29 is 18.7 Å². The maximum absolute atomic E-state index is 14.2. The fraction of sp³-hybridized carbons (Fsp3) is 0.500. The van der Waals surface area contributed by atoms with E-state index in [-0.39, 0.29) is 18.4 Å². The van der Waals surface area contributed by atoms with E-state index in [2.05, 4.69) is 5.32 Å². The number of imide groups is 1. The first kappa shape index (κ1) is 14.2. The Morgan fingerprint density at radius 1 is 1.33 bits per heavy atom. The molecule has 0 bridgehead atoms. The quantitative estimate of drug-likeness (QED) is 0.807. The molecule has 1 spiro atoms. The highest BCUT2D eigenvalue weighted by Gasteiger charge is 2.51. The van der Waals surface area contributed by atoms with Gasteiger partial charge in [-0.1, -0.05) is 18.2 Å². The number of piperidine rings is 1. The molecule has 2 fully saturated rings. The van der Waals surface area contributed by atoms with E-state index in [0.29, 0.717) is 25.0 Å². The summed E-state index contributed by atoms with van der Waals surface area (Å²) in [4.78, 5) is 24.2. The summed E-state index contributed by atoms with van der Waals surface area (Å²) >= 11 is 0. The van der Waals surface area contributed by atoms with E-state index in [9.17, 15) is 14.0 Å². The molecule has 2 heterocycles. The number of carbonyl (C=O) groups excluding carboxylic acids is 2. The Morgan fingerprint density at radius 2 is 2.10 bits per heavy atom. The van der Waals surface area contributed by atoms with Crippen molar-refractivity contribution in [3.63, 3.8) is 0 Å². The minimum absolute atomic E-state index is 0.0354.